The van der Waals surface area contributed by atoms with Gasteiger partial charge in [-0.15, -0.1) is 0 Å². The maximum atomic E-state index is 12.4. The summed E-state index contributed by atoms with van der Waals surface area (Å²) in [5.41, 5.74) is 5.00. The summed E-state index contributed by atoms with van der Waals surface area (Å²) in [6, 6.07) is 19.1. The molecule has 8 heteroatoms. The van der Waals surface area contributed by atoms with Crippen LogP contribution in [0.1, 0.15) is 34.0 Å². The number of aromatic carboxylic acids is 1. The molecule has 1 heterocycles. The zero-order valence-electron chi connectivity index (χ0n) is 18.2. The first-order chi connectivity index (χ1) is 16.5. The van der Waals surface area contributed by atoms with E-state index < -0.39 is 12.1 Å². The highest BCUT2D eigenvalue weighted by Crippen LogP contribution is 2.44. The number of alkyl carbamates (subject to hydrolysis) is 1. The molecule has 3 N–H and O–H groups in total. The molecule has 0 radical (unpaired) electrons. The van der Waals surface area contributed by atoms with E-state index in [1.54, 1.807) is 0 Å². The Morgan fingerprint density at radius 1 is 0.971 bits per heavy atom. The van der Waals surface area contributed by atoms with Gasteiger partial charge in [-0.25, -0.2) is 14.6 Å². The topological polar surface area (TPSA) is 118 Å². The van der Waals surface area contributed by atoms with Crippen LogP contribution in [-0.2, 0) is 9.53 Å². The van der Waals surface area contributed by atoms with Gasteiger partial charge in [-0.3, -0.25) is 4.79 Å². The van der Waals surface area contributed by atoms with Crippen LogP contribution in [0.15, 0.2) is 66.9 Å². The Labute approximate surface area is 196 Å². The van der Waals surface area contributed by atoms with Crippen molar-refractivity contribution >= 4 is 23.7 Å². The van der Waals surface area contributed by atoms with Crippen LogP contribution in [0.4, 0.5) is 10.5 Å². The molecule has 5 rings (SSSR count). The van der Waals surface area contributed by atoms with Gasteiger partial charge in [0.05, 0.1) is 11.9 Å². The number of pyridine rings is 1. The fourth-order valence-corrected chi connectivity index (χ4v) is 4.49. The third-order valence-electron chi connectivity index (χ3n) is 6.36. The lowest BCUT2D eigenvalue weighted by atomic mass is 9.98. The van der Waals surface area contributed by atoms with Gasteiger partial charge in [0, 0.05) is 18.4 Å². The Kier molecular flexibility index (Phi) is 5.71. The molecule has 0 unspecified atom stereocenters. The van der Waals surface area contributed by atoms with Gasteiger partial charge < -0.3 is 20.5 Å². The number of hydrogen-bond acceptors (Lipinski definition) is 5. The Balaban J connectivity index is 1.09. The van der Waals surface area contributed by atoms with Crippen molar-refractivity contribution in [3.8, 4) is 11.1 Å². The fourth-order valence-electron chi connectivity index (χ4n) is 4.49. The number of rotatable bonds is 7. The highest BCUT2D eigenvalue weighted by molar-refractivity contribution is 5.94. The quantitative estimate of drug-likeness (QED) is 0.495. The number of carbonyl (C=O) groups excluding carboxylic acids is 2. The largest absolute Gasteiger partial charge is 0.477 e. The Hall–Kier alpha value is -4.20. The van der Waals surface area contributed by atoms with Crippen molar-refractivity contribution in [1.29, 1.82) is 0 Å². The maximum absolute atomic E-state index is 12.4. The lowest BCUT2D eigenvalue weighted by molar-refractivity contribution is -0.117. The van der Waals surface area contributed by atoms with Gasteiger partial charge in [0.2, 0.25) is 5.91 Å². The van der Waals surface area contributed by atoms with Crippen molar-refractivity contribution in [2.75, 3.05) is 18.5 Å². The molecule has 0 aliphatic heterocycles. The molecule has 2 aliphatic carbocycles. The highest BCUT2D eigenvalue weighted by atomic mass is 16.5. The Bertz CT molecular complexity index is 1210. The third kappa shape index (κ3) is 4.34. The highest BCUT2D eigenvalue weighted by Gasteiger charge is 2.43. The molecule has 1 fully saturated rings. The molecule has 0 spiro atoms. The molecule has 0 saturated heterocycles. The smallest absolute Gasteiger partial charge is 0.407 e. The second kappa shape index (κ2) is 8.97. The standard InChI is InChI=1S/C26H23N3O5/c30-24(29-16-9-10-23(25(31)32)27-13-16)21-11-15(21)12-28-26(33)34-14-22-19-7-3-1-5-17(19)18-6-2-4-8-20(18)22/h1-10,13,15,21-22H,11-12,14H2,(H,28,33)(H,29,30)(H,31,32)/t15-,21-/m1/s1. The molecule has 34 heavy (non-hydrogen) atoms. The molecule has 2 aromatic carbocycles. The van der Waals surface area contributed by atoms with Crippen LogP contribution in [0.3, 0.4) is 0 Å². The summed E-state index contributed by atoms with van der Waals surface area (Å²) in [6.45, 7) is 0.596. The van der Waals surface area contributed by atoms with E-state index in [4.69, 9.17) is 9.84 Å². The molecule has 3 aromatic rings. The van der Waals surface area contributed by atoms with Gasteiger partial charge in [-0.2, -0.15) is 0 Å². The molecule has 172 valence electrons. The minimum atomic E-state index is -1.13. The lowest BCUT2D eigenvalue weighted by Gasteiger charge is -2.14. The zero-order valence-corrected chi connectivity index (χ0v) is 18.2. The maximum Gasteiger partial charge on any atom is 0.407 e. The summed E-state index contributed by atoms with van der Waals surface area (Å²) in [7, 11) is 0. The Morgan fingerprint density at radius 2 is 1.65 bits per heavy atom. The Morgan fingerprint density at radius 3 is 2.26 bits per heavy atom. The summed E-state index contributed by atoms with van der Waals surface area (Å²) in [4.78, 5) is 39.3. The SMILES string of the molecule is O=C(NC[C@H]1C[C@H]1C(=O)Nc1ccc(C(=O)O)nc1)OCC1c2ccccc2-c2ccccc21. The number of nitrogens with zero attached hydrogens (tertiary/aromatic N) is 1. The van der Waals surface area contributed by atoms with E-state index in [9.17, 15) is 14.4 Å². The van der Waals surface area contributed by atoms with E-state index in [0.717, 1.165) is 11.1 Å². The van der Waals surface area contributed by atoms with Gasteiger partial charge in [0.1, 0.15) is 12.3 Å². The van der Waals surface area contributed by atoms with Crippen molar-refractivity contribution in [2.45, 2.75) is 12.3 Å². The molecule has 0 bridgehead atoms. The minimum Gasteiger partial charge on any atom is -0.477 e. The number of carbonyl (C=O) groups is 3. The predicted octanol–water partition coefficient (Wildman–Crippen LogP) is 3.89. The molecule has 2 amide bonds. The first-order valence-electron chi connectivity index (χ1n) is 11.1. The first kappa shape index (κ1) is 21.6. The third-order valence-corrected chi connectivity index (χ3v) is 6.36. The predicted molar refractivity (Wildman–Crippen MR) is 124 cm³/mol. The summed E-state index contributed by atoms with van der Waals surface area (Å²) in [5, 5.41) is 14.4. The molecule has 2 aliphatic rings. The van der Waals surface area contributed by atoms with Crippen LogP contribution in [0.5, 0.6) is 0 Å². The summed E-state index contributed by atoms with van der Waals surface area (Å²) < 4.78 is 5.53. The number of fused-ring (bicyclic) bond motifs is 3. The molecular weight excluding hydrogens is 434 g/mol. The van der Waals surface area contributed by atoms with E-state index in [1.165, 1.54) is 29.5 Å². The second-order valence-corrected chi connectivity index (χ2v) is 8.54. The average molecular weight is 457 g/mol. The van der Waals surface area contributed by atoms with Crippen LogP contribution in [-0.4, -0.2) is 41.2 Å². The van der Waals surface area contributed by atoms with Crippen molar-refractivity contribution in [3.63, 3.8) is 0 Å². The van der Waals surface area contributed by atoms with E-state index in [2.05, 4.69) is 39.9 Å². The number of aromatic nitrogens is 1. The van der Waals surface area contributed by atoms with Gasteiger partial charge >= 0.3 is 12.1 Å². The van der Waals surface area contributed by atoms with E-state index in [0.29, 0.717) is 18.7 Å². The van der Waals surface area contributed by atoms with Crippen LogP contribution in [0.25, 0.3) is 11.1 Å². The van der Waals surface area contributed by atoms with Crippen LogP contribution in [0, 0.1) is 11.8 Å². The number of hydrogen-bond donors (Lipinski definition) is 3. The number of ether oxygens (including phenoxy) is 1. The van der Waals surface area contributed by atoms with Gasteiger partial charge in [0.25, 0.3) is 0 Å². The van der Waals surface area contributed by atoms with Crippen molar-refractivity contribution in [3.05, 3.63) is 83.7 Å². The number of carboxylic acid groups (broad SMARTS) is 1. The van der Waals surface area contributed by atoms with Gasteiger partial charge in [-0.1, -0.05) is 48.5 Å². The number of benzene rings is 2. The van der Waals surface area contributed by atoms with E-state index in [1.807, 2.05) is 24.3 Å². The van der Waals surface area contributed by atoms with Crippen molar-refractivity contribution in [2.24, 2.45) is 11.8 Å². The molecular formula is C26H23N3O5. The summed E-state index contributed by atoms with van der Waals surface area (Å²) in [6.07, 6.45) is 1.48. The van der Waals surface area contributed by atoms with Gasteiger partial charge in [-0.05, 0) is 46.7 Å². The molecule has 1 aromatic heterocycles. The lowest BCUT2D eigenvalue weighted by Crippen LogP contribution is -2.29. The summed E-state index contributed by atoms with van der Waals surface area (Å²) in [5.74, 6) is -1.48. The van der Waals surface area contributed by atoms with Crippen molar-refractivity contribution in [1.82, 2.24) is 10.3 Å². The number of nitrogens with one attached hydrogen (secondary N) is 2. The molecule has 8 nitrogen and oxygen atoms in total. The summed E-state index contributed by atoms with van der Waals surface area (Å²) >= 11 is 0. The number of anilines is 1. The van der Waals surface area contributed by atoms with Gasteiger partial charge in [0.15, 0.2) is 0 Å². The minimum absolute atomic E-state index is 0.00118. The number of amides is 2. The molecule has 1 saturated carbocycles. The van der Waals surface area contributed by atoms with Crippen LogP contribution < -0.4 is 10.6 Å². The zero-order chi connectivity index (χ0) is 23.7. The van der Waals surface area contributed by atoms with E-state index >= 15 is 0 Å². The fraction of sp³-hybridized carbons (Fsp3) is 0.231. The average Bonchev–Trinajstić information content (AvgIpc) is 3.57. The van der Waals surface area contributed by atoms with Crippen molar-refractivity contribution < 1.29 is 24.2 Å². The first-order valence-corrected chi connectivity index (χ1v) is 11.1. The van der Waals surface area contributed by atoms with E-state index in [-0.39, 0.29) is 36.0 Å². The van der Waals surface area contributed by atoms with Crippen LogP contribution >= 0.6 is 0 Å². The molecule has 2 atom stereocenters. The second-order valence-electron chi connectivity index (χ2n) is 8.54. The van der Waals surface area contributed by atoms with Crippen LogP contribution in [0.2, 0.25) is 0 Å². The monoisotopic (exact) mass is 457 g/mol. The normalized spacial score (nSPS) is 17.9. The number of carboxylic acids is 1.